The lowest BCUT2D eigenvalue weighted by atomic mass is 10.2. The Morgan fingerprint density at radius 3 is 3.00 bits per heavy atom. The number of rotatable bonds is 6. The van der Waals surface area contributed by atoms with Crippen LogP contribution in [0.4, 0.5) is 5.82 Å². The third-order valence-corrected chi connectivity index (χ3v) is 3.29. The number of hydrogen-bond acceptors (Lipinski definition) is 4. The normalized spacial score (nSPS) is 10.9. The molecule has 0 aliphatic rings. The lowest BCUT2D eigenvalue weighted by Gasteiger charge is -2.06. The maximum Gasteiger partial charge on any atom is 0.126 e. The van der Waals surface area contributed by atoms with Gasteiger partial charge in [0.25, 0.3) is 0 Å². The largest absolute Gasteiger partial charge is 0.385 e. The second-order valence-electron chi connectivity index (χ2n) is 4.82. The SMILES string of the molecule is COCCCNc1cc(-c2cc3ncccc3[nH]2)ccn1. The van der Waals surface area contributed by atoms with Crippen molar-refractivity contribution in [2.24, 2.45) is 0 Å². The van der Waals surface area contributed by atoms with E-state index >= 15 is 0 Å². The average Bonchev–Trinajstić information content (AvgIpc) is 2.96. The Balaban J connectivity index is 1.78. The summed E-state index contributed by atoms with van der Waals surface area (Å²) in [5.41, 5.74) is 4.15. The molecule has 21 heavy (non-hydrogen) atoms. The number of anilines is 1. The summed E-state index contributed by atoms with van der Waals surface area (Å²) >= 11 is 0. The Kier molecular flexibility index (Phi) is 4.12. The van der Waals surface area contributed by atoms with Crippen molar-refractivity contribution >= 4 is 16.9 Å². The first-order chi connectivity index (χ1) is 10.4. The van der Waals surface area contributed by atoms with Gasteiger partial charge < -0.3 is 15.0 Å². The molecule has 3 heterocycles. The summed E-state index contributed by atoms with van der Waals surface area (Å²) < 4.78 is 5.03. The zero-order valence-electron chi connectivity index (χ0n) is 12.0. The van der Waals surface area contributed by atoms with Crippen molar-refractivity contribution < 1.29 is 4.74 Å². The molecular formula is C16H18N4O. The van der Waals surface area contributed by atoms with Crippen LogP contribution in [0.1, 0.15) is 6.42 Å². The molecule has 0 unspecified atom stereocenters. The molecule has 2 N–H and O–H groups in total. The molecule has 0 aliphatic carbocycles. The van der Waals surface area contributed by atoms with Gasteiger partial charge >= 0.3 is 0 Å². The number of aromatic nitrogens is 3. The fraction of sp³-hybridized carbons (Fsp3) is 0.250. The molecule has 0 saturated carbocycles. The third kappa shape index (κ3) is 3.20. The molecule has 0 radical (unpaired) electrons. The van der Waals surface area contributed by atoms with Crippen molar-refractivity contribution in [3.63, 3.8) is 0 Å². The molecule has 0 amide bonds. The molecule has 3 aromatic rings. The van der Waals surface area contributed by atoms with Crippen LogP contribution in [0.3, 0.4) is 0 Å². The van der Waals surface area contributed by atoms with E-state index in [2.05, 4.69) is 26.3 Å². The lowest BCUT2D eigenvalue weighted by Crippen LogP contribution is -2.05. The van der Waals surface area contributed by atoms with Crippen molar-refractivity contribution in [2.75, 3.05) is 25.6 Å². The zero-order valence-corrected chi connectivity index (χ0v) is 12.0. The molecule has 3 aromatic heterocycles. The molecule has 0 saturated heterocycles. The highest BCUT2D eigenvalue weighted by atomic mass is 16.5. The quantitative estimate of drug-likeness (QED) is 0.682. The van der Waals surface area contributed by atoms with Crippen LogP contribution in [0.2, 0.25) is 0 Å². The predicted octanol–water partition coefficient (Wildman–Crippen LogP) is 3.07. The van der Waals surface area contributed by atoms with Crippen molar-refractivity contribution in [1.82, 2.24) is 15.0 Å². The van der Waals surface area contributed by atoms with Gasteiger partial charge in [0.05, 0.1) is 11.0 Å². The highest BCUT2D eigenvalue weighted by molar-refractivity contribution is 5.82. The molecule has 0 bridgehead atoms. The van der Waals surface area contributed by atoms with Gasteiger partial charge in [-0.2, -0.15) is 0 Å². The van der Waals surface area contributed by atoms with Gasteiger partial charge in [-0.05, 0) is 36.8 Å². The number of nitrogens with one attached hydrogen (secondary N) is 2. The molecular weight excluding hydrogens is 264 g/mol. The van der Waals surface area contributed by atoms with E-state index in [4.69, 9.17) is 4.74 Å². The number of aromatic amines is 1. The molecule has 5 nitrogen and oxygen atoms in total. The van der Waals surface area contributed by atoms with Crippen molar-refractivity contribution in [2.45, 2.75) is 6.42 Å². The summed E-state index contributed by atoms with van der Waals surface area (Å²) in [6, 6.07) is 10.0. The number of fused-ring (bicyclic) bond motifs is 1. The average molecular weight is 282 g/mol. The minimum Gasteiger partial charge on any atom is -0.385 e. The molecule has 0 atom stereocenters. The van der Waals surface area contributed by atoms with Crippen LogP contribution in [-0.4, -0.2) is 35.2 Å². The highest BCUT2D eigenvalue weighted by Gasteiger charge is 2.05. The van der Waals surface area contributed by atoms with Gasteiger partial charge in [0.2, 0.25) is 0 Å². The second kappa shape index (κ2) is 6.37. The Morgan fingerprint density at radius 2 is 2.14 bits per heavy atom. The Labute approximate surface area is 123 Å². The van der Waals surface area contributed by atoms with E-state index in [9.17, 15) is 0 Å². The van der Waals surface area contributed by atoms with Crippen molar-refractivity contribution in [1.29, 1.82) is 0 Å². The Hall–Kier alpha value is -2.40. The summed E-state index contributed by atoms with van der Waals surface area (Å²) in [7, 11) is 1.71. The smallest absolute Gasteiger partial charge is 0.126 e. The Morgan fingerprint density at radius 1 is 1.19 bits per heavy atom. The van der Waals surface area contributed by atoms with E-state index < -0.39 is 0 Å². The molecule has 0 fully saturated rings. The van der Waals surface area contributed by atoms with Crippen LogP contribution in [-0.2, 0) is 4.74 Å². The first kappa shape index (κ1) is 13.6. The van der Waals surface area contributed by atoms with E-state index in [0.29, 0.717) is 0 Å². The van der Waals surface area contributed by atoms with Crippen LogP contribution in [0.15, 0.2) is 42.7 Å². The van der Waals surface area contributed by atoms with Crippen LogP contribution in [0, 0.1) is 0 Å². The highest BCUT2D eigenvalue weighted by Crippen LogP contribution is 2.23. The summed E-state index contributed by atoms with van der Waals surface area (Å²) in [5.74, 6) is 0.871. The topological polar surface area (TPSA) is 62.8 Å². The van der Waals surface area contributed by atoms with E-state index in [1.54, 1.807) is 13.3 Å². The van der Waals surface area contributed by atoms with E-state index in [-0.39, 0.29) is 0 Å². The zero-order chi connectivity index (χ0) is 14.5. The fourth-order valence-electron chi connectivity index (χ4n) is 2.24. The fourth-order valence-corrected chi connectivity index (χ4v) is 2.24. The van der Waals surface area contributed by atoms with E-state index in [1.807, 2.05) is 30.5 Å². The van der Waals surface area contributed by atoms with E-state index in [1.165, 1.54) is 0 Å². The number of pyridine rings is 2. The molecule has 5 heteroatoms. The number of hydrogen-bond donors (Lipinski definition) is 2. The molecule has 0 aliphatic heterocycles. The molecule has 108 valence electrons. The minimum absolute atomic E-state index is 0.750. The summed E-state index contributed by atoms with van der Waals surface area (Å²) in [5, 5.41) is 3.30. The number of H-pyrrole nitrogens is 1. The maximum absolute atomic E-state index is 5.03. The minimum atomic E-state index is 0.750. The standard InChI is InChI=1S/C16H18N4O/c1-21-9-3-7-18-16-10-12(5-8-19-16)14-11-15-13(20-14)4-2-6-17-15/h2,4-6,8,10-11,20H,3,7,9H2,1H3,(H,18,19). The summed E-state index contributed by atoms with van der Waals surface area (Å²) in [4.78, 5) is 12.1. The van der Waals surface area contributed by atoms with Crippen LogP contribution in [0.25, 0.3) is 22.3 Å². The monoisotopic (exact) mass is 282 g/mol. The van der Waals surface area contributed by atoms with Gasteiger partial charge in [-0.15, -0.1) is 0 Å². The summed E-state index contributed by atoms with van der Waals surface area (Å²) in [6.45, 7) is 1.60. The van der Waals surface area contributed by atoms with Gasteiger partial charge in [0, 0.05) is 43.9 Å². The third-order valence-electron chi connectivity index (χ3n) is 3.29. The van der Waals surface area contributed by atoms with Gasteiger partial charge in [-0.1, -0.05) is 0 Å². The van der Waals surface area contributed by atoms with E-state index in [0.717, 1.165) is 47.7 Å². The van der Waals surface area contributed by atoms with Gasteiger partial charge in [-0.3, -0.25) is 4.98 Å². The van der Waals surface area contributed by atoms with Crippen molar-refractivity contribution in [3.8, 4) is 11.3 Å². The van der Waals surface area contributed by atoms with Crippen molar-refractivity contribution in [3.05, 3.63) is 42.7 Å². The molecule has 0 spiro atoms. The number of methoxy groups -OCH3 is 1. The van der Waals surface area contributed by atoms with Crippen LogP contribution >= 0.6 is 0 Å². The number of ether oxygens (including phenoxy) is 1. The lowest BCUT2D eigenvalue weighted by molar-refractivity contribution is 0.198. The van der Waals surface area contributed by atoms with Gasteiger partial charge in [-0.25, -0.2) is 4.98 Å². The molecule has 3 rings (SSSR count). The predicted molar refractivity (Wildman–Crippen MR) is 84.3 cm³/mol. The van der Waals surface area contributed by atoms with Crippen LogP contribution in [0.5, 0.6) is 0 Å². The Bertz CT molecular complexity index is 690. The summed E-state index contributed by atoms with van der Waals surface area (Å²) in [6.07, 6.45) is 4.57. The van der Waals surface area contributed by atoms with Gasteiger partial charge in [0.15, 0.2) is 0 Å². The molecule has 0 aromatic carbocycles. The van der Waals surface area contributed by atoms with Crippen LogP contribution < -0.4 is 5.32 Å². The maximum atomic E-state index is 5.03. The first-order valence-corrected chi connectivity index (χ1v) is 7.00. The number of nitrogens with zero attached hydrogens (tertiary/aromatic N) is 2. The second-order valence-corrected chi connectivity index (χ2v) is 4.82. The van der Waals surface area contributed by atoms with Gasteiger partial charge in [0.1, 0.15) is 5.82 Å². The first-order valence-electron chi connectivity index (χ1n) is 7.00.